The molecule has 0 heterocycles. The van der Waals surface area contributed by atoms with E-state index in [0.717, 1.165) is 19.5 Å². The summed E-state index contributed by atoms with van der Waals surface area (Å²) in [5.74, 6) is 0. The average Bonchev–Trinajstić information content (AvgIpc) is 1.87. The summed E-state index contributed by atoms with van der Waals surface area (Å²) in [6.45, 7) is 3.99. The van der Waals surface area contributed by atoms with Crippen molar-refractivity contribution in [2.75, 3.05) is 19.7 Å². The van der Waals surface area contributed by atoms with Crippen LogP contribution in [0.5, 0.6) is 0 Å². The average molecular weight is 167 g/mol. The van der Waals surface area contributed by atoms with Crippen molar-refractivity contribution in [2.45, 2.75) is 13.3 Å². The molecule has 0 amide bonds. The number of thiol groups is 1. The van der Waals surface area contributed by atoms with Gasteiger partial charge in [0.25, 0.3) is 11.0 Å². The smallest absolute Gasteiger partial charge is 0.257 e. The Morgan fingerprint density at radius 1 is 1.50 bits per heavy atom. The molecule has 5 heteroatoms. The summed E-state index contributed by atoms with van der Waals surface area (Å²) >= 11 is 0. The summed E-state index contributed by atoms with van der Waals surface area (Å²) in [7, 11) is -2.65. The Morgan fingerprint density at radius 3 is 2.70 bits per heavy atom. The molecule has 0 aliphatic carbocycles. The molecule has 0 aromatic heterocycles. The van der Waals surface area contributed by atoms with Crippen LogP contribution in [0.2, 0.25) is 0 Å². The van der Waals surface area contributed by atoms with E-state index in [1.165, 1.54) is 0 Å². The third-order valence-corrected chi connectivity index (χ3v) is 1.34. The highest BCUT2D eigenvalue weighted by molar-refractivity contribution is 7.67. The van der Waals surface area contributed by atoms with Crippen LogP contribution < -0.4 is 5.32 Å². The zero-order valence-electron chi connectivity index (χ0n) is 6.00. The molecule has 0 aliphatic heterocycles. The molecule has 0 atom stereocenters. The molecule has 0 aliphatic rings. The Hall–Kier alpha value is -0.130. The van der Waals surface area contributed by atoms with Gasteiger partial charge < -0.3 is 5.32 Å². The van der Waals surface area contributed by atoms with Gasteiger partial charge in [0.1, 0.15) is 0 Å². The minimum absolute atomic E-state index is 0.283. The van der Waals surface area contributed by atoms with Crippen molar-refractivity contribution in [3.8, 4) is 0 Å². The lowest BCUT2D eigenvalue weighted by Gasteiger charge is -1.97. The molecule has 0 bridgehead atoms. The molecule has 0 aromatic carbocycles. The summed E-state index contributed by atoms with van der Waals surface area (Å²) < 4.78 is 24.0. The quantitative estimate of drug-likeness (QED) is 0.415. The Labute approximate surface area is 62.7 Å². The second kappa shape index (κ2) is 6.98. The zero-order chi connectivity index (χ0) is 7.82. The van der Waals surface area contributed by atoms with Gasteiger partial charge in [-0.15, -0.1) is 0 Å². The van der Waals surface area contributed by atoms with Crippen LogP contribution in [0.15, 0.2) is 0 Å². The zero-order valence-corrected chi connectivity index (χ0v) is 6.89. The minimum atomic E-state index is -2.65. The molecule has 4 nitrogen and oxygen atoms in total. The lowest BCUT2D eigenvalue weighted by Crippen LogP contribution is -2.15. The lowest BCUT2D eigenvalue weighted by atomic mass is 10.4. The maximum atomic E-state index is 9.83. The number of nitrogens with one attached hydrogen (secondary N) is 1. The monoisotopic (exact) mass is 167 g/mol. The van der Waals surface area contributed by atoms with Gasteiger partial charge in [-0.3, -0.25) is 4.18 Å². The highest BCUT2D eigenvalue weighted by Gasteiger charge is 1.86. The van der Waals surface area contributed by atoms with E-state index in [1.54, 1.807) is 0 Å². The molecule has 0 unspecified atom stereocenters. The third-order valence-electron chi connectivity index (χ3n) is 0.945. The van der Waals surface area contributed by atoms with Gasteiger partial charge in [-0.2, -0.15) is 0 Å². The van der Waals surface area contributed by atoms with Gasteiger partial charge in [0, 0.05) is 0 Å². The lowest BCUT2D eigenvalue weighted by molar-refractivity contribution is 0.324. The summed E-state index contributed by atoms with van der Waals surface area (Å²) in [4.78, 5) is 0. The van der Waals surface area contributed by atoms with E-state index in [9.17, 15) is 8.42 Å². The summed E-state index contributed by atoms with van der Waals surface area (Å²) in [5, 5.41) is 3.05. The molecule has 0 saturated heterocycles. The number of rotatable bonds is 6. The van der Waals surface area contributed by atoms with E-state index >= 15 is 0 Å². The molecule has 1 N–H and O–H groups in total. The van der Waals surface area contributed by atoms with Gasteiger partial charge in [-0.05, 0) is 19.5 Å². The van der Waals surface area contributed by atoms with Crippen LogP contribution >= 0.6 is 0 Å². The first-order valence-corrected chi connectivity index (χ1v) is 4.35. The first-order valence-electron chi connectivity index (χ1n) is 3.25. The summed E-state index contributed by atoms with van der Waals surface area (Å²) in [5.41, 5.74) is 0. The van der Waals surface area contributed by atoms with E-state index in [1.807, 2.05) is 6.92 Å². The Balaban J connectivity index is 2.91. The molecule has 0 fully saturated rings. The topological polar surface area (TPSA) is 55.4 Å². The van der Waals surface area contributed by atoms with Crippen LogP contribution in [0.1, 0.15) is 13.3 Å². The first-order chi connectivity index (χ1) is 4.77. The molecule has 62 valence electrons. The Morgan fingerprint density at radius 2 is 2.20 bits per heavy atom. The van der Waals surface area contributed by atoms with E-state index < -0.39 is 11.0 Å². The second-order valence-corrected chi connectivity index (χ2v) is 2.47. The predicted octanol–water partition coefficient (Wildman–Crippen LogP) is -0.471. The summed E-state index contributed by atoms with van der Waals surface area (Å²) in [6, 6.07) is 0. The molecule has 0 rings (SSSR count). The van der Waals surface area contributed by atoms with Gasteiger partial charge in [0.2, 0.25) is 0 Å². The van der Waals surface area contributed by atoms with Crippen LogP contribution in [0.4, 0.5) is 0 Å². The van der Waals surface area contributed by atoms with E-state index in [4.69, 9.17) is 0 Å². The van der Waals surface area contributed by atoms with Gasteiger partial charge in [-0.25, -0.2) is 8.42 Å². The van der Waals surface area contributed by atoms with Crippen LogP contribution in [0, 0.1) is 0 Å². The molecular weight excluding hydrogens is 154 g/mol. The fourth-order valence-electron chi connectivity index (χ4n) is 0.513. The SMILES string of the molecule is CCNCCCO[SH](=O)=O. The van der Waals surface area contributed by atoms with E-state index in [-0.39, 0.29) is 6.61 Å². The fraction of sp³-hybridized carbons (Fsp3) is 1.00. The van der Waals surface area contributed by atoms with Gasteiger partial charge in [0.05, 0.1) is 6.61 Å². The van der Waals surface area contributed by atoms with Crippen molar-refractivity contribution in [1.29, 1.82) is 0 Å². The predicted molar refractivity (Wildman–Crippen MR) is 39.4 cm³/mol. The van der Waals surface area contributed by atoms with Gasteiger partial charge in [0.15, 0.2) is 0 Å². The minimum Gasteiger partial charge on any atom is -0.317 e. The van der Waals surface area contributed by atoms with Gasteiger partial charge in [-0.1, -0.05) is 6.92 Å². The number of hydrogen-bond acceptors (Lipinski definition) is 4. The highest BCUT2D eigenvalue weighted by Crippen LogP contribution is 1.79. The van der Waals surface area contributed by atoms with Crippen molar-refractivity contribution in [3.05, 3.63) is 0 Å². The standard InChI is InChI=1S/C5H13NO3S/c1-2-6-4-3-5-9-10(7)8/h6,10H,2-5H2,1H3. The fourth-order valence-corrected chi connectivity index (χ4v) is 0.791. The highest BCUT2D eigenvalue weighted by atomic mass is 32.2. The van der Waals surface area contributed by atoms with Crippen molar-refractivity contribution in [2.24, 2.45) is 0 Å². The maximum absolute atomic E-state index is 9.83. The van der Waals surface area contributed by atoms with E-state index in [0.29, 0.717) is 0 Å². The largest absolute Gasteiger partial charge is 0.317 e. The van der Waals surface area contributed by atoms with Crippen LogP contribution in [0.25, 0.3) is 0 Å². The Bertz CT molecular complexity index is 127. The van der Waals surface area contributed by atoms with Crippen molar-refractivity contribution in [1.82, 2.24) is 5.32 Å². The molecule has 0 radical (unpaired) electrons. The molecule has 10 heavy (non-hydrogen) atoms. The van der Waals surface area contributed by atoms with Crippen LogP contribution in [-0.4, -0.2) is 28.1 Å². The Kier molecular flexibility index (Phi) is 6.89. The third kappa shape index (κ3) is 7.87. The molecule has 0 saturated carbocycles. The van der Waals surface area contributed by atoms with E-state index in [2.05, 4.69) is 9.50 Å². The van der Waals surface area contributed by atoms with Crippen molar-refractivity contribution in [3.63, 3.8) is 0 Å². The van der Waals surface area contributed by atoms with Gasteiger partial charge >= 0.3 is 0 Å². The maximum Gasteiger partial charge on any atom is 0.257 e. The molecular formula is C5H13NO3S. The number of hydrogen-bond donors (Lipinski definition) is 2. The van der Waals surface area contributed by atoms with Crippen LogP contribution in [0.3, 0.4) is 0 Å². The molecule has 0 aromatic rings. The second-order valence-electron chi connectivity index (χ2n) is 1.76. The van der Waals surface area contributed by atoms with Crippen molar-refractivity contribution >= 4 is 11.0 Å². The van der Waals surface area contributed by atoms with Crippen molar-refractivity contribution < 1.29 is 12.6 Å². The van der Waals surface area contributed by atoms with Crippen LogP contribution in [-0.2, 0) is 15.2 Å². The first kappa shape index (κ1) is 9.87. The molecule has 0 spiro atoms. The normalized spacial score (nSPS) is 10.6. The summed E-state index contributed by atoms with van der Waals surface area (Å²) in [6.07, 6.45) is 0.733.